The van der Waals surface area contributed by atoms with Crippen LogP contribution in [0.5, 0.6) is 0 Å². The average molecular weight is 537 g/mol. The van der Waals surface area contributed by atoms with Crippen molar-refractivity contribution in [3.63, 3.8) is 0 Å². The summed E-state index contributed by atoms with van der Waals surface area (Å²) in [6.07, 6.45) is 1.96. The standard InChI is InChI=1S/C30H24N4O4S/c1-20-13-15-22(16-14-20)39(36,37)27-26-28(32-24-11-6-5-10-23(24)31-26)34(18-17-21-8-3-2-4-9-21)29(27)33-30(35)25-12-7-19-38-25/h2-16,19H,17-18H2,1H3,(H,33,35). The number of amides is 1. The second-order valence-corrected chi connectivity index (χ2v) is 11.1. The number of nitrogens with zero attached hydrogens (tertiary/aromatic N) is 3. The minimum absolute atomic E-state index is 0.0552. The second kappa shape index (κ2) is 9.85. The number of rotatable bonds is 7. The molecular weight excluding hydrogens is 512 g/mol. The molecule has 194 valence electrons. The van der Waals surface area contributed by atoms with Crippen LogP contribution in [0.3, 0.4) is 0 Å². The SMILES string of the molecule is Cc1ccc(S(=O)(=O)c2c(NC(=O)c3ccco3)n(CCc3ccccc3)c3nc4ccccc4nc23)cc1. The minimum Gasteiger partial charge on any atom is -0.459 e. The van der Waals surface area contributed by atoms with Gasteiger partial charge >= 0.3 is 0 Å². The van der Waals surface area contributed by atoms with Crippen LogP contribution in [0.2, 0.25) is 0 Å². The van der Waals surface area contributed by atoms with Crippen molar-refractivity contribution in [1.29, 1.82) is 0 Å². The topological polar surface area (TPSA) is 107 Å². The third-order valence-electron chi connectivity index (χ3n) is 6.55. The molecule has 0 saturated carbocycles. The Bertz CT molecular complexity index is 1910. The van der Waals surface area contributed by atoms with Crippen molar-refractivity contribution in [2.75, 3.05) is 5.32 Å². The molecule has 0 radical (unpaired) electrons. The summed E-state index contributed by atoms with van der Waals surface area (Å²) < 4.78 is 35.5. The van der Waals surface area contributed by atoms with Crippen LogP contribution in [0.15, 0.2) is 111 Å². The summed E-state index contributed by atoms with van der Waals surface area (Å²) in [5.74, 6) is -0.425. The Morgan fingerprint density at radius 3 is 2.26 bits per heavy atom. The molecule has 6 aromatic rings. The van der Waals surface area contributed by atoms with E-state index in [1.807, 2.05) is 55.5 Å². The first-order valence-electron chi connectivity index (χ1n) is 12.4. The molecule has 0 aliphatic rings. The van der Waals surface area contributed by atoms with Crippen LogP contribution >= 0.6 is 0 Å². The highest BCUT2D eigenvalue weighted by atomic mass is 32.2. The molecule has 0 spiro atoms. The number of anilines is 1. The number of fused-ring (bicyclic) bond motifs is 2. The maximum Gasteiger partial charge on any atom is 0.292 e. The summed E-state index contributed by atoms with van der Waals surface area (Å²) >= 11 is 0. The van der Waals surface area contributed by atoms with Gasteiger partial charge in [0.25, 0.3) is 5.91 Å². The van der Waals surface area contributed by atoms with Crippen molar-refractivity contribution in [3.05, 3.63) is 114 Å². The fourth-order valence-electron chi connectivity index (χ4n) is 4.57. The number of carbonyl (C=O) groups is 1. The Labute approximate surface area is 224 Å². The van der Waals surface area contributed by atoms with E-state index in [2.05, 4.69) is 5.32 Å². The highest BCUT2D eigenvalue weighted by Crippen LogP contribution is 2.37. The minimum atomic E-state index is -4.13. The van der Waals surface area contributed by atoms with Crippen LogP contribution in [0.4, 0.5) is 5.82 Å². The number of sulfone groups is 1. The van der Waals surface area contributed by atoms with Gasteiger partial charge in [-0.3, -0.25) is 4.79 Å². The predicted octanol–water partition coefficient (Wildman–Crippen LogP) is 5.81. The summed E-state index contributed by atoms with van der Waals surface area (Å²) in [4.78, 5) is 22.8. The lowest BCUT2D eigenvalue weighted by Crippen LogP contribution is -2.18. The van der Waals surface area contributed by atoms with Gasteiger partial charge in [0, 0.05) is 6.54 Å². The van der Waals surface area contributed by atoms with Crippen LogP contribution in [-0.2, 0) is 22.8 Å². The molecule has 0 fully saturated rings. The first-order valence-corrected chi connectivity index (χ1v) is 13.9. The van der Waals surface area contributed by atoms with Gasteiger partial charge in [-0.15, -0.1) is 0 Å². The molecule has 0 aliphatic carbocycles. The number of para-hydroxylation sites is 2. The van der Waals surface area contributed by atoms with Crippen molar-refractivity contribution in [2.45, 2.75) is 29.7 Å². The third-order valence-corrected chi connectivity index (χ3v) is 8.37. The van der Waals surface area contributed by atoms with Crippen molar-refractivity contribution >= 4 is 43.8 Å². The monoisotopic (exact) mass is 536 g/mol. The van der Waals surface area contributed by atoms with E-state index >= 15 is 0 Å². The van der Waals surface area contributed by atoms with E-state index in [4.69, 9.17) is 14.4 Å². The first-order chi connectivity index (χ1) is 18.9. The fraction of sp³-hybridized carbons (Fsp3) is 0.100. The van der Waals surface area contributed by atoms with Gasteiger partial charge in [0.1, 0.15) is 16.2 Å². The van der Waals surface area contributed by atoms with E-state index < -0.39 is 15.7 Å². The van der Waals surface area contributed by atoms with Gasteiger partial charge in [-0.25, -0.2) is 18.4 Å². The van der Waals surface area contributed by atoms with Gasteiger partial charge in [0.2, 0.25) is 9.84 Å². The summed E-state index contributed by atoms with van der Waals surface area (Å²) in [6.45, 7) is 2.24. The maximum absolute atomic E-state index is 14.2. The molecule has 9 heteroatoms. The molecule has 1 amide bonds. The van der Waals surface area contributed by atoms with E-state index in [0.29, 0.717) is 29.6 Å². The smallest absolute Gasteiger partial charge is 0.292 e. The van der Waals surface area contributed by atoms with Crippen LogP contribution in [0.25, 0.3) is 22.2 Å². The number of benzene rings is 3. The maximum atomic E-state index is 14.2. The Balaban J connectivity index is 1.62. The van der Waals surface area contributed by atoms with Crippen molar-refractivity contribution in [2.24, 2.45) is 0 Å². The molecule has 3 aromatic carbocycles. The summed E-state index contributed by atoms with van der Waals surface area (Å²) in [6, 6.07) is 26.8. The van der Waals surface area contributed by atoms with Gasteiger partial charge in [0.15, 0.2) is 11.4 Å². The lowest BCUT2D eigenvalue weighted by atomic mass is 10.1. The normalized spacial score (nSPS) is 11.7. The van der Waals surface area contributed by atoms with Gasteiger partial charge in [-0.2, -0.15) is 0 Å². The summed E-state index contributed by atoms with van der Waals surface area (Å²) in [7, 11) is -4.13. The Morgan fingerprint density at radius 1 is 0.872 bits per heavy atom. The lowest BCUT2D eigenvalue weighted by molar-refractivity contribution is 0.0995. The largest absolute Gasteiger partial charge is 0.459 e. The highest BCUT2D eigenvalue weighted by molar-refractivity contribution is 7.92. The van der Waals surface area contributed by atoms with Crippen LogP contribution in [0, 0.1) is 6.92 Å². The zero-order chi connectivity index (χ0) is 27.0. The zero-order valence-electron chi connectivity index (χ0n) is 21.0. The van der Waals surface area contributed by atoms with Crippen LogP contribution in [-0.4, -0.2) is 28.9 Å². The number of aryl methyl sites for hydroxylation is 3. The van der Waals surface area contributed by atoms with E-state index in [-0.39, 0.29) is 26.9 Å². The van der Waals surface area contributed by atoms with E-state index in [1.54, 1.807) is 41.0 Å². The van der Waals surface area contributed by atoms with Gasteiger partial charge in [-0.1, -0.05) is 60.2 Å². The average Bonchev–Trinajstić information content (AvgIpc) is 3.58. The predicted molar refractivity (Wildman–Crippen MR) is 148 cm³/mol. The van der Waals surface area contributed by atoms with Crippen molar-refractivity contribution in [3.8, 4) is 0 Å². The zero-order valence-corrected chi connectivity index (χ0v) is 21.9. The summed E-state index contributed by atoms with van der Waals surface area (Å²) in [5, 5.41) is 2.82. The molecule has 39 heavy (non-hydrogen) atoms. The number of furan rings is 1. The van der Waals surface area contributed by atoms with Crippen LogP contribution < -0.4 is 5.32 Å². The molecule has 6 rings (SSSR count). The second-order valence-electron chi connectivity index (χ2n) is 9.20. The molecule has 0 aliphatic heterocycles. The molecule has 8 nitrogen and oxygen atoms in total. The molecule has 0 unspecified atom stereocenters. The Kier molecular flexibility index (Phi) is 6.20. The fourth-order valence-corrected chi connectivity index (χ4v) is 6.10. The molecule has 0 atom stereocenters. The number of hydrogen-bond acceptors (Lipinski definition) is 6. The molecule has 3 aromatic heterocycles. The molecule has 1 N–H and O–H groups in total. The van der Waals surface area contributed by atoms with Crippen molar-refractivity contribution in [1.82, 2.24) is 14.5 Å². The first kappa shape index (κ1) is 24.6. The molecular formula is C30H24N4O4S. The Morgan fingerprint density at radius 2 is 1.56 bits per heavy atom. The number of carbonyl (C=O) groups excluding carboxylic acids is 1. The van der Waals surface area contributed by atoms with E-state index in [1.165, 1.54) is 12.3 Å². The Hall–Kier alpha value is -4.76. The van der Waals surface area contributed by atoms with Crippen molar-refractivity contribution < 1.29 is 17.6 Å². The van der Waals surface area contributed by atoms with Gasteiger partial charge in [0.05, 0.1) is 22.2 Å². The molecule has 0 bridgehead atoms. The molecule has 0 saturated heterocycles. The third kappa shape index (κ3) is 4.57. The van der Waals surface area contributed by atoms with Gasteiger partial charge < -0.3 is 14.3 Å². The highest BCUT2D eigenvalue weighted by Gasteiger charge is 2.32. The molecule has 3 heterocycles. The quantitative estimate of drug-likeness (QED) is 0.276. The summed E-state index contributed by atoms with van der Waals surface area (Å²) in [5.41, 5.74) is 3.71. The van der Waals surface area contributed by atoms with E-state index in [9.17, 15) is 13.2 Å². The van der Waals surface area contributed by atoms with E-state index in [0.717, 1.165) is 11.1 Å². The number of hydrogen-bond donors (Lipinski definition) is 1. The lowest BCUT2D eigenvalue weighted by Gasteiger charge is -2.13. The number of aromatic nitrogens is 3. The number of nitrogens with one attached hydrogen (secondary N) is 1. The van der Waals surface area contributed by atoms with Gasteiger partial charge in [-0.05, 0) is 55.3 Å². The van der Waals surface area contributed by atoms with Crippen LogP contribution in [0.1, 0.15) is 21.7 Å².